The molecule has 0 aromatic heterocycles. The summed E-state index contributed by atoms with van der Waals surface area (Å²) in [7, 11) is 0. The van der Waals surface area contributed by atoms with E-state index in [1.165, 1.54) is 0 Å². The summed E-state index contributed by atoms with van der Waals surface area (Å²) >= 11 is 0. The summed E-state index contributed by atoms with van der Waals surface area (Å²) in [6.07, 6.45) is 5.90. The molecule has 4 N–H and O–H groups in total. The van der Waals surface area contributed by atoms with Crippen molar-refractivity contribution in [3.05, 3.63) is 41.6 Å². The third-order valence-electron chi connectivity index (χ3n) is 4.12. The number of amides is 4. The van der Waals surface area contributed by atoms with Gasteiger partial charge in [0, 0.05) is 13.0 Å². The smallest absolute Gasteiger partial charge is 0.267 e. The maximum absolute atomic E-state index is 12.2. The summed E-state index contributed by atoms with van der Waals surface area (Å²) in [6, 6.07) is 9.10. The predicted molar refractivity (Wildman–Crippen MR) is 116 cm³/mol. The minimum absolute atomic E-state index is 0.0858. The van der Waals surface area contributed by atoms with Crippen LogP contribution in [-0.2, 0) is 19.2 Å². The number of hydrogen-bond donors (Lipinski definition) is 4. The molecule has 1 aromatic rings. The highest BCUT2D eigenvalue weighted by Gasteiger charge is 2.13. The van der Waals surface area contributed by atoms with Crippen LogP contribution in [0.15, 0.2) is 36.0 Å². The van der Waals surface area contributed by atoms with Gasteiger partial charge in [0.1, 0.15) is 5.70 Å². The van der Waals surface area contributed by atoms with Gasteiger partial charge in [-0.15, -0.1) is 0 Å². The van der Waals surface area contributed by atoms with Crippen LogP contribution in [0.2, 0.25) is 0 Å². The van der Waals surface area contributed by atoms with Crippen LogP contribution in [0.1, 0.15) is 51.5 Å². The molecule has 1 rings (SSSR count). The third kappa shape index (κ3) is 11.0. The minimum Gasteiger partial charge on any atom is -0.351 e. The zero-order valence-electron chi connectivity index (χ0n) is 17.8. The van der Waals surface area contributed by atoms with E-state index in [1.807, 2.05) is 18.2 Å². The molecule has 0 saturated carbocycles. The molecule has 0 atom stereocenters. The molecule has 0 saturated heterocycles. The second kappa shape index (κ2) is 14.8. The number of benzene rings is 1. The SMILES string of the molecule is CCCCCCC(=O)NCC(=O)NCC(=O)N/C(=C\c1ccccc1)C(=O)NCC. The molecule has 8 heteroatoms. The van der Waals surface area contributed by atoms with E-state index in [-0.39, 0.29) is 24.7 Å². The first-order chi connectivity index (χ1) is 14.5. The van der Waals surface area contributed by atoms with Crippen LogP contribution in [-0.4, -0.2) is 43.3 Å². The number of likely N-dealkylation sites (N-methyl/N-ethyl adjacent to an activating group) is 1. The Bertz CT molecular complexity index is 732. The highest BCUT2D eigenvalue weighted by Crippen LogP contribution is 2.05. The zero-order valence-corrected chi connectivity index (χ0v) is 17.8. The van der Waals surface area contributed by atoms with Gasteiger partial charge in [0.25, 0.3) is 5.91 Å². The highest BCUT2D eigenvalue weighted by atomic mass is 16.2. The van der Waals surface area contributed by atoms with E-state index in [9.17, 15) is 19.2 Å². The van der Waals surface area contributed by atoms with Crippen molar-refractivity contribution in [3.63, 3.8) is 0 Å². The minimum atomic E-state index is -0.539. The number of hydrogen-bond acceptors (Lipinski definition) is 4. The van der Waals surface area contributed by atoms with Crippen molar-refractivity contribution in [2.75, 3.05) is 19.6 Å². The highest BCUT2D eigenvalue weighted by molar-refractivity contribution is 6.01. The fourth-order valence-electron chi connectivity index (χ4n) is 2.55. The van der Waals surface area contributed by atoms with Gasteiger partial charge >= 0.3 is 0 Å². The fourth-order valence-corrected chi connectivity index (χ4v) is 2.55. The lowest BCUT2D eigenvalue weighted by atomic mass is 10.1. The van der Waals surface area contributed by atoms with Crippen molar-refractivity contribution < 1.29 is 19.2 Å². The van der Waals surface area contributed by atoms with Gasteiger partial charge in [0.05, 0.1) is 13.1 Å². The average Bonchev–Trinajstić information content (AvgIpc) is 2.74. The van der Waals surface area contributed by atoms with Crippen LogP contribution in [0.3, 0.4) is 0 Å². The topological polar surface area (TPSA) is 116 Å². The first kappa shape index (κ1) is 24.9. The van der Waals surface area contributed by atoms with Crippen molar-refractivity contribution in [3.8, 4) is 0 Å². The Morgan fingerprint density at radius 1 is 0.800 bits per heavy atom. The number of nitrogens with one attached hydrogen (secondary N) is 4. The van der Waals surface area contributed by atoms with Crippen molar-refractivity contribution >= 4 is 29.7 Å². The van der Waals surface area contributed by atoms with Gasteiger partial charge < -0.3 is 21.3 Å². The molecule has 8 nitrogen and oxygen atoms in total. The van der Waals surface area contributed by atoms with Crippen LogP contribution in [0.5, 0.6) is 0 Å². The lowest BCUT2D eigenvalue weighted by Gasteiger charge is -2.11. The molecule has 4 amide bonds. The second-order valence-electron chi connectivity index (χ2n) is 6.74. The van der Waals surface area contributed by atoms with E-state index in [0.29, 0.717) is 13.0 Å². The quantitative estimate of drug-likeness (QED) is 0.288. The van der Waals surface area contributed by atoms with E-state index >= 15 is 0 Å². The Labute approximate surface area is 177 Å². The molecule has 0 aliphatic heterocycles. The van der Waals surface area contributed by atoms with Crippen LogP contribution >= 0.6 is 0 Å². The molecule has 0 heterocycles. The normalized spacial score (nSPS) is 10.8. The van der Waals surface area contributed by atoms with Crippen molar-refractivity contribution in [2.24, 2.45) is 0 Å². The lowest BCUT2D eigenvalue weighted by molar-refractivity contribution is -0.128. The molecule has 0 spiro atoms. The van der Waals surface area contributed by atoms with Crippen molar-refractivity contribution in [1.29, 1.82) is 0 Å². The molecular weight excluding hydrogens is 384 g/mol. The number of unbranched alkanes of at least 4 members (excludes halogenated alkanes) is 3. The van der Waals surface area contributed by atoms with E-state index < -0.39 is 17.7 Å². The molecular formula is C22H32N4O4. The van der Waals surface area contributed by atoms with Crippen molar-refractivity contribution in [1.82, 2.24) is 21.3 Å². The molecule has 0 unspecified atom stereocenters. The van der Waals surface area contributed by atoms with Crippen LogP contribution < -0.4 is 21.3 Å². The Balaban J connectivity index is 2.46. The standard InChI is InChI=1S/C22H32N4O4/c1-3-5-6-10-13-19(27)24-15-20(28)25-16-21(29)26-18(22(30)23-4-2)14-17-11-8-7-9-12-17/h7-9,11-12,14H,3-6,10,13,15-16H2,1-2H3,(H,23,30)(H,24,27)(H,25,28)(H,26,29)/b18-14-. The van der Waals surface area contributed by atoms with Gasteiger partial charge in [-0.2, -0.15) is 0 Å². The summed E-state index contributed by atoms with van der Waals surface area (Å²) < 4.78 is 0. The molecule has 30 heavy (non-hydrogen) atoms. The van der Waals surface area contributed by atoms with Gasteiger partial charge in [0.15, 0.2) is 0 Å². The monoisotopic (exact) mass is 416 g/mol. The maximum Gasteiger partial charge on any atom is 0.267 e. The molecule has 0 bridgehead atoms. The lowest BCUT2D eigenvalue weighted by Crippen LogP contribution is -2.43. The average molecular weight is 417 g/mol. The van der Waals surface area contributed by atoms with Gasteiger partial charge in [-0.1, -0.05) is 56.5 Å². The fraction of sp³-hybridized carbons (Fsp3) is 0.455. The summed E-state index contributed by atoms with van der Waals surface area (Å²) in [6.45, 7) is 3.78. The van der Waals surface area contributed by atoms with Crippen LogP contribution in [0.25, 0.3) is 6.08 Å². The number of carbonyl (C=O) groups excluding carboxylic acids is 4. The second-order valence-corrected chi connectivity index (χ2v) is 6.74. The van der Waals surface area contributed by atoms with Gasteiger partial charge in [0.2, 0.25) is 17.7 Å². The Morgan fingerprint density at radius 3 is 2.13 bits per heavy atom. The predicted octanol–water partition coefficient (Wildman–Crippen LogP) is 1.48. The van der Waals surface area contributed by atoms with Crippen molar-refractivity contribution in [2.45, 2.75) is 46.0 Å². The molecule has 0 aliphatic carbocycles. The first-order valence-corrected chi connectivity index (χ1v) is 10.3. The molecule has 0 radical (unpaired) electrons. The molecule has 164 valence electrons. The van der Waals surface area contributed by atoms with Crippen LogP contribution in [0.4, 0.5) is 0 Å². The van der Waals surface area contributed by atoms with Crippen LogP contribution in [0, 0.1) is 0 Å². The summed E-state index contributed by atoms with van der Waals surface area (Å²) in [5, 5.41) is 10.1. The molecule has 1 aromatic carbocycles. The largest absolute Gasteiger partial charge is 0.351 e. The Hall–Kier alpha value is -3.16. The molecule has 0 aliphatic rings. The number of rotatable bonds is 13. The van der Waals surface area contributed by atoms with E-state index in [1.54, 1.807) is 25.1 Å². The Morgan fingerprint density at radius 2 is 1.47 bits per heavy atom. The molecule has 0 fully saturated rings. The Kier molecular flexibility index (Phi) is 12.3. The first-order valence-electron chi connectivity index (χ1n) is 10.3. The van der Waals surface area contributed by atoms with Gasteiger partial charge in [-0.05, 0) is 25.0 Å². The van der Waals surface area contributed by atoms with E-state index in [4.69, 9.17) is 0 Å². The number of carbonyl (C=O) groups is 4. The van der Waals surface area contributed by atoms with Gasteiger partial charge in [-0.3, -0.25) is 19.2 Å². The summed E-state index contributed by atoms with van der Waals surface area (Å²) in [5.74, 6) is -1.62. The zero-order chi connectivity index (χ0) is 22.2. The van der Waals surface area contributed by atoms with Gasteiger partial charge in [-0.25, -0.2) is 0 Å². The van der Waals surface area contributed by atoms with E-state index in [0.717, 1.165) is 31.2 Å². The van der Waals surface area contributed by atoms with E-state index in [2.05, 4.69) is 28.2 Å². The maximum atomic E-state index is 12.2. The summed E-state index contributed by atoms with van der Waals surface area (Å²) in [4.78, 5) is 47.9. The third-order valence-corrected chi connectivity index (χ3v) is 4.12. The summed E-state index contributed by atoms with van der Waals surface area (Å²) in [5.41, 5.74) is 0.840.